The van der Waals surface area contributed by atoms with E-state index in [0.717, 1.165) is 12.1 Å². The van der Waals surface area contributed by atoms with Gasteiger partial charge in [-0.15, -0.1) is 0 Å². The summed E-state index contributed by atoms with van der Waals surface area (Å²) < 4.78 is 50.5. The minimum absolute atomic E-state index is 0. The van der Waals surface area contributed by atoms with Gasteiger partial charge in [-0.1, -0.05) is 38.1 Å². The Morgan fingerprint density at radius 1 is 0.742 bits per heavy atom. The molecule has 0 unspecified atom stereocenters. The van der Waals surface area contributed by atoms with Crippen LogP contribution in [-0.4, -0.2) is 41.9 Å². The van der Waals surface area contributed by atoms with E-state index in [9.17, 15) is 36.6 Å². The van der Waals surface area contributed by atoms with Crippen LogP contribution in [0.5, 0.6) is 0 Å². The Morgan fingerprint density at radius 2 is 1.06 bits per heavy atom. The maximum atomic E-state index is 11.5. The Kier molecular flexibility index (Phi) is 11.6. The average Bonchev–Trinajstić information content (AvgIpc) is 2.68. The molecule has 0 bridgehead atoms. The molecule has 0 atom stereocenters. The van der Waals surface area contributed by atoms with Gasteiger partial charge in [-0.25, -0.2) is 26.3 Å². The molecular formula is C18H20CuN2O8S2. The van der Waals surface area contributed by atoms with E-state index in [2.05, 4.69) is 9.44 Å². The second-order valence-corrected chi connectivity index (χ2v) is 9.17. The number of hydrogen-bond donors (Lipinski definition) is 2. The van der Waals surface area contributed by atoms with Gasteiger partial charge < -0.3 is 19.8 Å². The first-order valence-electron chi connectivity index (χ1n) is 8.56. The molecule has 0 aliphatic heterocycles. The van der Waals surface area contributed by atoms with Gasteiger partial charge in [-0.05, 0) is 35.4 Å². The Balaban J connectivity index is 0.000000562. The van der Waals surface area contributed by atoms with Crippen LogP contribution in [0.25, 0.3) is 0 Å². The number of carboxylic acid groups (broad SMARTS) is 2. The maximum absolute atomic E-state index is 11.5. The van der Waals surface area contributed by atoms with Crippen LogP contribution < -0.4 is 19.7 Å². The molecule has 0 saturated heterocycles. The topological polar surface area (TPSA) is 173 Å². The van der Waals surface area contributed by atoms with Crippen molar-refractivity contribution in [1.29, 1.82) is 0 Å². The predicted octanol–water partition coefficient (Wildman–Crippen LogP) is -1.31. The molecule has 2 aromatic rings. The van der Waals surface area contributed by atoms with Gasteiger partial charge in [0.1, 0.15) is 0 Å². The summed E-state index contributed by atoms with van der Waals surface area (Å²) in [6.45, 7) is 3.77. The van der Waals surface area contributed by atoms with Crippen molar-refractivity contribution < 1.29 is 53.7 Å². The van der Waals surface area contributed by atoms with Crippen LogP contribution in [0.15, 0.2) is 58.3 Å². The quantitative estimate of drug-likeness (QED) is 0.404. The van der Waals surface area contributed by atoms with Crippen LogP contribution in [0.1, 0.15) is 34.6 Å². The Bertz CT molecular complexity index is 1030. The van der Waals surface area contributed by atoms with Crippen LogP contribution in [0.4, 0.5) is 0 Å². The van der Waals surface area contributed by atoms with Crippen molar-refractivity contribution >= 4 is 32.0 Å². The summed E-state index contributed by atoms with van der Waals surface area (Å²) in [7, 11) is -7.21. The van der Waals surface area contributed by atoms with Gasteiger partial charge in [-0.2, -0.15) is 0 Å². The summed E-state index contributed by atoms with van der Waals surface area (Å²) in [6, 6.07) is 10.0. The molecule has 0 amide bonds. The van der Waals surface area contributed by atoms with Crippen LogP contribution in [-0.2, 0) is 37.1 Å². The third-order valence-electron chi connectivity index (χ3n) is 3.43. The molecule has 0 spiro atoms. The van der Waals surface area contributed by atoms with E-state index in [1.54, 1.807) is 13.8 Å². The second-order valence-electron chi connectivity index (χ2n) is 5.63. The Hall–Kier alpha value is -2.28. The number of benzene rings is 2. The average molecular weight is 520 g/mol. The van der Waals surface area contributed by atoms with Crippen molar-refractivity contribution in [3.8, 4) is 0 Å². The molecule has 13 heteroatoms. The van der Waals surface area contributed by atoms with Crippen LogP contribution in [0, 0.1) is 0 Å². The summed E-state index contributed by atoms with van der Waals surface area (Å²) in [5.41, 5.74) is -0.317. The minimum atomic E-state index is -3.61. The molecular weight excluding hydrogens is 500 g/mol. The fourth-order valence-electron chi connectivity index (χ4n) is 2.13. The third kappa shape index (κ3) is 8.77. The number of sulfonamides is 2. The number of nitrogens with one attached hydrogen (secondary N) is 2. The SMILES string of the molecule is CCNS(=O)(=O)c1cccc(C(=O)[O-])c1.CCNS(=O)(=O)c1cccc(C(=O)[O-])c1.[Cu+2]. The number of rotatable bonds is 8. The number of carbonyl (C=O) groups excluding carboxylic acids is 2. The van der Waals surface area contributed by atoms with Crippen molar-refractivity contribution in [2.24, 2.45) is 0 Å². The zero-order valence-electron chi connectivity index (χ0n) is 16.4. The smallest absolute Gasteiger partial charge is 0.545 e. The number of aromatic carboxylic acids is 2. The van der Waals surface area contributed by atoms with Crippen LogP contribution in [0.2, 0.25) is 0 Å². The first kappa shape index (κ1) is 28.7. The Labute approximate surface area is 191 Å². The molecule has 0 fully saturated rings. The first-order valence-corrected chi connectivity index (χ1v) is 11.5. The van der Waals surface area contributed by atoms with Gasteiger partial charge in [0.05, 0.1) is 21.7 Å². The number of carboxylic acids is 2. The zero-order chi connectivity index (χ0) is 22.9. The molecule has 0 heterocycles. The summed E-state index contributed by atoms with van der Waals surface area (Å²) >= 11 is 0. The number of hydrogen-bond acceptors (Lipinski definition) is 8. The van der Waals surface area contributed by atoms with Crippen molar-refractivity contribution in [3.05, 3.63) is 59.7 Å². The molecule has 0 aliphatic rings. The van der Waals surface area contributed by atoms with E-state index < -0.39 is 32.0 Å². The van der Waals surface area contributed by atoms with Crippen molar-refractivity contribution in [2.75, 3.05) is 13.1 Å². The molecule has 2 N–H and O–H groups in total. The second kappa shape index (κ2) is 12.5. The van der Waals surface area contributed by atoms with Gasteiger partial charge in [0, 0.05) is 13.1 Å². The zero-order valence-corrected chi connectivity index (χ0v) is 19.0. The summed E-state index contributed by atoms with van der Waals surface area (Å²) in [5.74, 6) is -2.80. The maximum Gasteiger partial charge on any atom is 2.00 e. The molecule has 0 saturated carbocycles. The van der Waals surface area contributed by atoms with E-state index in [1.165, 1.54) is 36.4 Å². The molecule has 173 valence electrons. The fourth-order valence-corrected chi connectivity index (χ4v) is 4.30. The summed E-state index contributed by atoms with van der Waals surface area (Å²) in [6.07, 6.45) is 0. The van der Waals surface area contributed by atoms with E-state index in [-0.39, 0.29) is 51.1 Å². The molecule has 2 aromatic carbocycles. The van der Waals surface area contributed by atoms with Gasteiger partial charge in [0.2, 0.25) is 20.0 Å². The largest absolute Gasteiger partial charge is 2.00 e. The van der Waals surface area contributed by atoms with Crippen LogP contribution >= 0.6 is 0 Å². The normalized spacial score (nSPS) is 10.9. The number of carbonyl (C=O) groups is 2. The van der Waals surface area contributed by atoms with E-state index in [0.29, 0.717) is 0 Å². The van der Waals surface area contributed by atoms with E-state index in [4.69, 9.17) is 0 Å². The van der Waals surface area contributed by atoms with Gasteiger partial charge >= 0.3 is 17.1 Å². The van der Waals surface area contributed by atoms with Crippen molar-refractivity contribution in [3.63, 3.8) is 0 Å². The molecule has 0 aromatic heterocycles. The van der Waals surface area contributed by atoms with Crippen molar-refractivity contribution in [2.45, 2.75) is 23.6 Å². The molecule has 1 radical (unpaired) electrons. The Morgan fingerprint density at radius 3 is 1.32 bits per heavy atom. The first-order chi connectivity index (χ1) is 13.9. The summed E-state index contributed by atoms with van der Waals surface area (Å²) in [4.78, 5) is 20.9. The minimum Gasteiger partial charge on any atom is -0.545 e. The standard InChI is InChI=1S/2C9H11NO4S.Cu/c2*1-2-10-15(13,14)8-5-3-4-7(6-8)9(11)12;/h2*3-6,10H,2H2,1H3,(H,11,12);/q;;+2/p-2. The molecule has 31 heavy (non-hydrogen) atoms. The molecule has 2 rings (SSSR count). The predicted molar refractivity (Wildman–Crippen MR) is 103 cm³/mol. The molecule has 0 aliphatic carbocycles. The monoisotopic (exact) mass is 519 g/mol. The summed E-state index contributed by atoms with van der Waals surface area (Å²) in [5, 5.41) is 21.0. The fraction of sp³-hybridized carbons (Fsp3) is 0.222. The van der Waals surface area contributed by atoms with Crippen LogP contribution in [0.3, 0.4) is 0 Å². The molecule has 10 nitrogen and oxygen atoms in total. The third-order valence-corrected chi connectivity index (χ3v) is 6.52. The van der Waals surface area contributed by atoms with Gasteiger partial charge in [0.25, 0.3) is 0 Å². The van der Waals surface area contributed by atoms with Gasteiger partial charge in [0.15, 0.2) is 0 Å². The van der Waals surface area contributed by atoms with E-state index >= 15 is 0 Å². The van der Waals surface area contributed by atoms with Crippen molar-refractivity contribution in [1.82, 2.24) is 9.44 Å². The van der Waals surface area contributed by atoms with E-state index in [1.807, 2.05) is 0 Å². The van der Waals surface area contributed by atoms with Gasteiger partial charge in [-0.3, -0.25) is 0 Å².